The van der Waals surface area contributed by atoms with E-state index in [1.807, 2.05) is 43.3 Å². The fourth-order valence-corrected chi connectivity index (χ4v) is 4.00. The van der Waals surface area contributed by atoms with Gasteiger partial charge >= 0.3 is 0 Å². The van der Waals surface area contributed by atoms with Crippen LogP contribution in [0.15, 0.2) is 67.4 Å². The van der Waals surface area contributed by atoms with E-state index in [4.69, 9.17) is 17.0 Å². The van der Waals surface area contributed by atoms with Crippen LogP contribution in [0.1, 0.15) is 12.8 Å². The Morgan fingerprint density at radius 3 is 2.62 bits per heavy atom. The van der Waals surface area contributed by atoms with Gasteiger partial charge < -0.3 is 25.6 Å². The summed E-state index contributed by atoms with van der Waals surface area (Å²) >= 11 is 6.94. The van der Waals surface area contributed by atoms with E-state index in [2.05, 4.69) is 32.5 Å². The zero-order valence-electron chi connectivity index (χ0n) is 20.7. The number of unbranched alkanes of at least 4 members (excludes halogenated alkanes) is 1. The molecular weight excluding hydrogens is 511 g/mol. The molecule has 0 fully saturated rings. The summed E-state index contributed by atoms with van der Waals surface area (Å²) in [5.74, 6) is 0.989. The van der Waals surface area contributed by atoms with E-state index in [1.165, 1.54) is 6.08 Å². The molecule has 3 N–H and O–H groups in total. The Morgan fingerprint density at radius 1 is 1.14 bits per heavy atom. The number of thioether (sulfide) groups is 1. The molecule has 0 aliphatic carbocycles. The lowest BCUT2D eigenvalue weighted by atomic mass is 10.2. The summed E-state index contributed by atoms with van der Waals surface area (Å²) in [5.41, 5.74) is 1.82. The molecule has 0 spiro atoms. The molecule has 11 heteroatoms. The maximum Gasteiger partial charge on any atom is 0.247 e. The van der Waals surface area contributed by atoms with Crippen LogP contribution in [-0.4, -0.2) is 51.6 Å². The number of thiocarbonyl (C=S) groups is 1. The monoisotopic (exact) mass is 540 g/mol. The third-order valence-electron chi connectivity index (χ3n) is 4.83. The van der Waals surface area contributed by atoms with Gasteiger partial charge in [-0.3, -0.25) is 4.79 Å². The van der Waals surface area contributed by atoms with E-state index in [-0.39, 0.29) is 17.7 Å². The lowest BCUT2D eigenvalue weighted by Crippen LogP contribution is -2.16. The summed E-state index contributed by atoms with van der Waals surface area (Å²) in [6.45, 7) is 4.05. The van der Waals surface area contributed by atoms with Gasteiger partial charge in [-0.25, -0.2) is 9.37 Å². The van der Waals surface area contributed by atoms with E-state index >= 15 is 0 Å². The molecule has 0 saturated heterocycles. The van der Waals surface area contributed by atoms with Crippen LogP contribution in [-0.2, 0) is 4.79 Å². The van der Waals surface area contributed by atoms with Gasteiger partial charge in [-0.15, -0.1) is 0 Å². The Labute approximate surface area is 225 Å². The molecule has 1 heterocycles. The van der Waals surface area contributed by atoms with E-state index in [9.17, 15) is 9.18 Å². The number of rotatable bonds is 12. The molecule has 0 bridgehead atoms. The minimum absolute atomic E-state index is 0.00541. The van der Waals surface area contributed by atoms with Gasteiger partial charge in [-0.1, -0.05) is 36.6 Å². The van der Waals surface area contributed by atoms with Gasteiger partial charge in [-0.05, 0) is 61.4 Å². The highest BCUT2D eigenvalue weighted by Gasteiger charge is 2.09. The first kappa shape index (κ1) is 27.9. The van der Waals surface area contributed by atoms with Crippen molar-refractivity contribution in [3.63, 3.8) is 0 Å². The lowest BCUT2D eigenvalue weighted by Gasteiger charge is -2.12. The van der Waals surface area contributed by atoms with Gasteiger partial charge in [0.2, 0.25) is 11.9 Å². The van der Waals surface area contributed by atoms with Crippen molar-refractivity contribution in [2.45, 2.75) is 12.8 Å². The number of hydrogen-bond donors (Lipinski definition) is 3. The van der Waals surface area contributed by atoms with Crippen molar-refractivity contribution in [2.75, 3.05) is 42.4 Å². The van der Waals surface area contributed by atoms with E-state index < -0.39 is 5.82 Å². The van der Waals surface area contributed by atoms with Crippen LogP contribution in [0.5, 0.6) is 5.75 Å². The van der Waals surface area contributed by atoms with Crippen molar-refractivity contribution in [2.24, 2.45) is 0 Å². The second-order valence-corrected chi connectivity index (χ2v) is 9.73. The number of benzene rings is 2. The number of carbonyl (C=O) groups is 1. The van der Waals surface area contributed by atoms with Crippen LogP contribution in [0.2, 0.25) is 0 Å². The number of nitrogens with one attached hydrogen (secondary N) is 3. The Morgan fingerprint density at radius 2 is 1.89 bits per heavy atom. The van der Waals surface area contributed by atoms with Crippen LogP contribution in [0.3, 0.4) is 0 Å². The molecule has 1 amide bonds. The number of aromatic nitrogens is 2. The highest BCUT2D eigenvalue weighted by molar-refractivity contribution is 8.22. The molecule has 1 aromatic heterocycles. The quantitative estimate of drug-likeness (QED) is 0.146. The molecule has 0 atom stereocenters. The minimum Gasteiger partial charge on any atom is -0.494 e. The van der Waals surface area contributed by atoms with E-state index in [0.717, 1.165) is 40.5 Å². The first-order valence-electron chi connectivity index (χ1n) is 11.5. The average Bonchev–Trinajstić information content (AvgIpc) is 2.89. The van der Waals surface area contributed by atoms with Crippen molar-refractivity contribution in [3.8, 4) is 5.75 Å². The number of hydrogen-bond acceptors (Lipinski definition) is 8. The van der Waals surface area contributed by atoms with Crippen molar-refractivity contribution in [1.29, 1.82) is 0 Å². The van der Waals surface area contributed by atoms with Gasteiger partial charge in [0.15, 0.2) is 11.6 Å². The number of ether oxygens (including phenoxy) is 1. The van der Waals surface area contributed by atoms with Gasteiger partial charge in [0, 0.05) is 36.9 Å². The van der Waals surface area contributed by atoms with Crippen LogP contribution < -0.4 is 20.7 Å². The maximum absolute atomic E-state index is 14.4. The summed E-state index contributed by atoms with van der Waals surface area (Å²) in [6.07, 6.45) is 4.21. The van der Waals surface area contributed by atoms with Gasteiger partial charge in [0.25, 0.3) is 0 Å². The summed E-state index contributed by atoms with van der Waals surface area (Å²) in [4.78, 5) is 21.7. The number of anilines is 5. The highest BCUT2D eigenvalue weighted by atomic mass is 32.2. The zero-order chi connectivity index (χ0) is 26.6. The SMILES string of the molecule is C=CC(=O)Nc1cccc(Nc2nc(Nc3ccc(OCCCCSC(=S)N(C)C)cc3)ncc2F)c1. The highest BCUT2D eigenvalue weighted by Crippen LogP contribution is 2.23. The first-order chi connectivity index (χ1) is 17.8. The van der Waals surface area contributed by atoms with Crippen molar-refractivity contribution >= 4 is 63.0 Å². The molecule has 3 rings (SSSR count). The molecule has 0 unspecified atom stereocenters. The zero-order valence-corrected chi connectivity index (χ0v) is 22.3. The van der Waals surface area contributed by atoms with Crippen LogP contribution in [0.25, 0.3) is 0 Å². The first-order valence-corrected chi connectivity index (χ1v) is 12.9. The normalized spacial score (nSPS) is 10.4. The second-order valence-electron chi connectivity index (χ2n) is 8.00. The van der Waals surface area contributed by atoms with Crippen molar-refractivity contribution in [1.82, 2.24) is 14.9 Å². The lowest BCUT2D eigenvalue weighted by molar-refractivity contribution is -0.111. The standard InChI is InChI=1S/C26H29FN6O2S2/c1-4-23(34)29-19-8-7-9-20(16-19)30-24-22(27)17-28-25(32-24)31-18-10-12-21(13-11-18)35-14-5-6-15-37-26(36)33(2)3/h4,7-13,16-17H,1,5-6,14-15H2,2-3H3,(H,29,34)(H2,28,30,31,32). The van der Waals surface area contributed by atoms with Gasteiger partial charge in [0.05, 0.1) is 12.8 Å². The van der Waals surface area contributed by atoms with Crippen molar-refractivity contribution in [3.05, 3.63) is 73.2 Å². The molecule has 0 saturated carbocycles. The summed E-state index contributed by atoms with van der Waals surface area (Å²) in [5, 5.41) is 8.63. The smallest absolute Gasteiger partial charge is 0.247 e. The number of carbonyl (C=O) groups excluding carboxylic acids is 1. The van der Waals surface area contributed by atoms with Crippen LogP contribution in [0, 0.1) is 5.82 Å². The molecular formula is C26H29FN6O2S2. The average molecular weight is 541 g/mol. The molecule has 0 aliphatic heterocycles. The summed E-state index contributed by atoms with van der Waals surface area (Å²) < 4.78 is 21.1. The summed E-state index contributed by atoms with van der Waals surface area (Å²) in [6, 6.07) is 14.2. The maximum atomic E-state index is 14.4. The third kappa shape index (κ3) is 9.36. The van der Waals surface area contributed by atoms with Crippen LogP contribution in [0.4, 0.5) is 33.2 Å². The minimum atomic E-state index is -0.614. The molecule has 37 heavy (non-hydrogen) atoms. The third-order valence-corrected chi connectivity index (χ3v) is 6.65. The van der Waals surface area contributed by atoms with Gasteiger partial charge in [-0.2, -0.15) is 4.98 Å². The van der Waals surface area contributed by atoms with Gasteiger partial charge in [0.1, 0.15) is 10.1 Å². The van der Waals surface area contributed by atoms with Crippen molar-refractivity contribution < 1.29 is 13.9 Å². The molecule has 3 aromatic rings. The number of nitrogens with zero attached hydrogens (tertiary/aromatic N) is 3. The molecule has 2 aromatic carbocycles. The second kappa shape index (κ2) is 14.1. The summed E-state index contributed by atoms with van der Waals surface area (Å²) in [7, 11) is 3.90. The topological polar surface area (TPSA) is 91.4 Å². The molecule has 8 nitrogen and oxygen atoms in total. The number of amides is 1. The predicted octanol–water partition coefficient (Wildman–Crippen LogP) is 5.97. The largest absolute Gasteiger partial charge is 0.494 e. The van der Waals surface area contributed by atoms with E-state index in [0.29, 0.717) is 18.0 Å². The Bertz CT molecular complexity index is 1220. The van der Waals surface area contributed by atoms with E-state index in [1.54, 1.807) is 36.0 Å². The molecule has 194 valence electrons. The fourth-order valence-electron chi connectivity index (χ4n) is 2.97. The van der Waals surface area contributed by atoms with Crippen LogP contribution >= 0.6 is 24.0 Å². The Kier molecular flexibility index (Phi) is 10.7. The number of halogens is 1. The fraction of sp³-hybridized carbons (Fsp3) is 0.231. The molecule has 0 aliphatic rings. The molecule has 0 radical (unpaired) electrons. The predicted molar refractivity (Wildman–Crippen MR) is 154 cm³/mol. The Hall–Kier alpha value is -3.70. The Balaban J connectivity index is 1.51.